The molecule has 0 aliphatic carbocycles. The Bertz CT molecular complexity index is 719. The zero-order chi connectivity index (χ0) is 17.9. The van der Waals surface area contributed by atoms with Crippen molar-refractivity contribution in [1.29, 1.82) is 0 Å². The maximum atomic E-state index is 13.2. The van der Waals surface area contributed by atoms with E-state index in [1.165, 1.54) is 6.07 Å². The molecule has 0 N–H and O–H groups in total. The molecule has 2 aromatic carbocycles. The molecule has 1 amide bonds. The Labute approximate surface area is 145 Å². The zero-order valence-electron chi connectivity index (χ0n) is 13.8. The first-order valence-corrected chi connectivity index (χ1v) is 8.43. The van der Waals surface area contributed by atoms with Crippen LogP contribution in [0.1, 0.15) is 35.4 Å². The molecule has 0 spiro atoms. The van der Waals surface area contributed by atoms with Gasteiger partial charge in [0.05, 0.1) is 12.0 Å². The van der Waals surface area contributed by atoms with E-state index in [9.17, 15) is 18.0 Å². The Balaban J connectivity index is 1.64. The van der Waals surface area contributed by atoms with Gasteiger partial charge in [-0.2, -0.15) is 13.2 Å². The minimum atomic E-state index is -4.34. The summed E-state index contributed by atoms with van der Waals surface area (Å²) >= 11 is 0. The molecule has 0 radical (unpaired) electrons. The molecular weight excluding hydrogens is 327 g/mol. The van der Waals surface area contributed by atoms with Crippen molar-refractivity contribution >= 4 is 5.91 Å². The van der Waals surface area contributed by atoms with Gasteiger partial charge >= 0.3 is 6.18 Å². The molecule has 0 saturated carbocycles. The van der Waals surface area contributed by atoms with Gasteiger partial charge in [0.1, 0.15) is 0 Å². The van der Waals surface area contributed by atoms with Crippen LogP contribution in [0.25, 0.3) is 0 Å². The first-order chi connectivity index (χ1) is 11.9. The normalized spacial score (nSPS) is 16.0. The molecule has 2 nitrogen and oxygen atoms in total. The molecule has 5 heteroatoms. The molecule has 0 aromatic heterocycles. The Morgan fingerprint density at radius 3 is 2.20 bits per heavy atom. The molecule has 25 heavy (non-hydrogen) atoms. The average molecular weight is 347 g/mol. The third-order valence-corrected chi connectivity index (χ3v) is 4.75. The average Bonchev–Trinajstić information content (AvgIpc) is 2.62. The molecule has 132 valence electrons. The first-order valence-electron chi connectivity index (χ1n) is 8.43. The van der Waals surface area contributed by atoms with Crippen LogP contribution in [-0.2, 0) is 17.4 Å². The fraction of sp³-hybridized carbons (Fsp3) is 0.350. The molecule has 3 rings (SSSR count). The minimum Gasteiger partial charge on any atom is -0.342 e. The molecule has 1 aliphatic rings. The predicted octanol–water partition coefficient (Wildman–Crippen LogP) is 4.65. The topological polar surface area (TPSA) is 20.3 Å². The number of nitrogens with zero attached hydrogens (tertiary/aromatic N) is 1. The molecule has 1 saturated heterocycles. The Morgan fingerprint density at radius 2 is 1.56 bits per heavy atom. The van der Waals surface area contributed by atoms with Crippen molar-refractivity contribution in [1.82, 2.24) is 4.90 Å². The van der Waals surface area contributed by atoms with Crippen molar-refractivity contribution < 1.29 is 18.0 Å². The van der Waals surface area contributed by atoms with Crippen LogP contribution in [0.4, 0.5) is 13.2 Å². The Morgan fingerprint density at radius 1 is 0.960 bits per heavy atom. The van der Waals surface area contributed by atoms with Gasteiger partial charge < -0.3 is 4.90 Å². The highest BCUT2D eigenvalue weighted by atomic mass is 19.4. The zero-order valence-corrected chi connectivity index (χ0v) is 13.8. The van der Waals surface area contributed by atoms with Crippen molar-refractivity contribution in [3.63, 3.8) is 0 Å². The number of hydrogen-bond acceptors (Lipinski definition) is 1. The number of likely N-dealkylation sites (tertiary alicyclic amines) is 1. The minimum absolute atomic E-state index is 0.0359. The van der Waals surface area contributed by atoms with E-state index in [0.29, 0.717) is 37.9 Å². The third-order valence-electron chi connectivity index (χ3n) is 4.75. The van der Waals surface area contributed by atoms with E-state index in [4.69, 9.17) is 0 Å². The fourth-order valence-electron chi connectivity index (χ4n) is 3.43. The van der Waals surface area contributed by atoms with Gasteiger partial charge in [0, 0.05) is 13.1 Å². The van der Waals surface area contributed by atoms with Crippen LogP contribution < -0.4 is 0 Å². The maximum Gasteiger partial charge on any atom is 0.416 e. The number of amides is 1. The number of carbonyl (C=O) groups is 1. The SMILES string of the molecule is O=C(Cc1ccccc1)N1CCC(c2ccccc2C(F)(F)F)CC1. The summed E-state index contributed by atoms with van der Waals surface area (Å²) in [7, 11) is 0. The van der Waals surface area contributed by atoms with Crippen LogP contribution >= 0.6 is 0 Å². The quantitative estimate of drug-likeness (QED) is 0.791. The number of piperidine rings is 1. The summed E-state index contributed by atoms with van der Waals surface area (Å²) in [5.41, 5.74) is 0.756. The van der Waals surface area contributed by atoms with Gasteiger partial charge in [-0.05, 0) is 36.0 Å². The standard InChI is InChI=1S/C20H20F3NO/c21-20(22,23)18-9-5-4-8-17(18)16-10-12-24(13-11-16)19(25)14-15-6-2-1-3-7-15/h1-9,16H,10-14H2. The molecule has 2 aromatic rings. The summed E-state index contributed by atoms with van der Waals surface area (Å²) < 4.78 is 39.6. The number of benzene rings is 2. The second-order valence-electron chi connectivity index (χ2n) is 6.40. The predicted molar refractivity (Wildman–Crippen MR) is 90.1 cm³/mol. The highest BCUT2D eigenvalue weighted by molar-refractivity contribution is 5.78. The van der Waals surface area contributed by atoms with E-state index < -0.39 is 11.7 Å². The number of hydrogen-bond donors (Lipinski definition) is 0. The van der Waals surface area contributed by atoms with Gasteiger partial charge in [0.15, 0.2) is 0 Å². The van der Waals surface area contributed by atoms with Crippen molar-refractivity contribution in [3.8, 4) is 0 Å². The van der Waals surface area contributed by atoms with Crippen LogP contribution in [0.2, 0.25) is 0 Å². The first kappa shape index (κ1) is 17.5. The van der Waals surface area contributed by atoms with Crippen molar-refractivity contribution in [2.75, 3.05) is 13.1 Å². The highest BCUT2D eigenvalue weighted by Gasteiger charge is 2.36. The molecule has 0 bridgehead atoms. The van der Waals surface area contributed by atoms with Crippen LogP contribution in [0.5, 0.6) is 0 Å². The number of rotatable bonds is 3. The van der Waals surface area contributed by atoms with Crippen LogP contribution in [-0.4, -0.2) is 23.9 Å². The molecule has 1 heterocycles. The Kier molecular flexibility index (Phi) is 5.11. The Hall–Kier alpha value is -2.30. The molecule has 0 atom stereocenters. The lowest BCUT2D eigenvalue weighted by Gasteiger charge is -2.33. The van der Waals surface area contributed by atoms with Gasteiger partial charge in [-0.3, -0.25) is 4.79 Å². The van der Waals surface area contributed by atoms with Crippen molar-refractivity contribution in [2.45, 2.75) is 31.4 Å². The van der Waals surface area contributed by atoms with E-state index in [1.807, 2.05) is 30.3 Å². The van der Waals surface area contributed by atoms with E-state index in [1.54, 1.807) is 17.0 Å². The summed E-state index contributed by atoms with van der Waals surface area (Å²) in [6.07, 6.45) is -2.87. The largest absolute Gasteiger partial charge is 0.416 e. The second-order valence-corrected chi connectivity index (χ2v) is 6.40. The van der Waals surface area contributed by atoms with E-state index >= 15 is 0 Å². The van der Waals surface area contributed by atoms with Gasteiger partial charge in [-0.1, -0.05) is 48.5 Å². The molecule has 1 aliphatic heterocycles. The van der Waals surface area contributed by atoms with E-state index in [0.717, 1.165) is 11.6 Å². The van der Waals surface area contributed by atoms with Crippen LogP contribution in [0.3, 0.4) is 0 Å². The van der Waals surface area contributed by atoms with Gasteiger partial charge in [0.25, 0.3) is 0 Å². The lowest BCUT2D eigenvalue weighted by atomic mass is 9.86. The highest BCUT2D eigenvalue weighted by Crippen LogP contribution is 2.38. The van der Waals surface area contributed by atoms with Gasteiger partial charge in [0.2, 0.25) is 5.91 Å². The number of alkyl halides is 3. The summed E-state index contributed by atoms with van der Waals surface area (Å²) in [6, 6.07) is 15.3. The number of carbonyl (C=O) groups excluding carboxylic acids is 1. The second kappa shape index (κ2) is 7.30. The van der Waals surface area contributed by atoms with Crippen LogP contribution in [0.15, 0.2) is 54.6 Å². The summed E-state index contributed by atoms with van der Waals surface area (Å²) in [5.74, 6) is -0.118. The maximum absolute atomic E-state index is 13.2. The molecule has 0 unspecified atom stereocenters. The summed E-state index contributed by atoms with van der Waals surface area (Å²) in [5, 5.41) is 0. The summed E-state index contributed by atoms with van der Waals surface area (Å²) in [4.78, 5) is 14.1. The van der Waals surface area contributed by atoms with Gasteiger partial charge in [-0.15, -0.1) is 0 Å². The van der Waals surface area contributed by atoms with Crippen molar-refractivity contribution in [2.24, 2.45) is 0 Å². The fourth-order valence-corrected chi connectivity index (χ4v) is 3.43. The lowest BCUT2D eigenvalue weighted by molar-refractivity contribution is -0.139. The van der Waals surface area contributed by atoms with E-state index in [-0.39, 0.29) is 11.8 Å². The lowest BCUT2D eigenvalue weighted by Crippen LogP contribution is -2.39. The number of halogens is 3. The monoisotopic (exact) mass is 347 g/mol. The van der Waals surface area contributed by atoms with Crippen molar-refractivity contribution in [3.05, 3.63) is 71.3 Å². The van der Waals surface area contributed by atoms with Crippen LogP contribution in [0, 0.1) is 0 Å². The van der Waals surface area contributed by atoms with E-state index in [2.05, 4.69) is 0 Å². The molecular formula is C20H20F3NO. The third kappa shape index (κ3) is 4.21. The molecule has 1 fully saturated rings. The smallest absolute Gasteiger partial charge is 0.342 e. The summed E-state index contributed by atoms with van der Waals surface area (Å²) in [6.45, 7) is 1.01. The van der Waals surface area contributed by atoms with Gasteiger partial charge in [-0.25, -0.2) is 0 Å².